The number of ether oxygens (including phenoxy) is 4. The second-order valence-electron chi connectivity index (χ2n) is 22.9. The van der Waals surface area contributed by atoms with Crippen molar-refractivity contribution in [3.63, 3.8) is 0 Å². The molecular formula is C60H91BrN2O4. The van der Waals surface area contributed by atoms with Gasteiger partial charge in [-0.3, -0.25) is 0 Å². The number of nitrogens with zero attached hydrogens (tertiary/aromatic N) is 2. The minimum absolute atomic E-state index is 0. The van der Waals surface area contributed by atoms with Gasteiger partial charge in [-0.05, 0) is 117 Å². The summed E-state index contributed by atoms with van der Waals surface area (Å²) in [6, 6.07) is 14.4. The lowest BCUT2D eigenvalue weighted by molar-refractivity contribution is -0.671. The summed E-state index contributed by atoms with van der Waals surface area (Å²) in [4.78, 5) is 0. The van der Waals surface area contributed by atoms with E-state index in [0.717, 1.165) is 55.2 Å². The van der Waals surface area contributed by atoms with Gasteiger partial charge in [0, 0.05) is 19.3 Å². The molecule has 372 valence electrons. The van der Waals surface area contributed by atoms with Crippen molar-refractivity contribution in [2.24, 2.45) is 12.5 Å². The summed E-state index contributed by atoms with van der Waals surface area (Å²) in [6.07, 6.45) is 14.4. The number of halogens is 1. The Morgan fingerprint density at radius 1 is 0.567 bits per heavy atom. The van der Waals surface area contributed by atoms with E-state index in [2.05, 4.69) is 202 Å². The van der Waals surface area contributed by atoms with Gasteiger partial charge in [0.05, 0.1) is 32.6 Å². The van der Waals surface area contributed by atoms with Gasteiger partial charge >= 0.3 is 0 Å². The summed E-state index contributed by atoms with van der Waals surface area (Å²) in [5.74, 6) is 3.93. The first-order valence-electron chi connectivity index (χ1n) is 25.2. The van der Waals surface area contributed by atoms with Crippen molar-refractivity contribution in [2.45, 2.75) is 192 Å². The fraction of sp³-hybridized carbons (Fsp3) is 0.583. The van der Waals surface area contributed by atoms with Gasteiger partial charge in [-0.15, -0.1) is 0 Å². The Balaban J connectivity index is 0.0000119. The third kappa shape index (κ3) is 16.3. The molecule has 0 bridgehead atoms. The molecule has 1 aromatic heterocycles. The topological polar surface area (TPSA) is 45.7 Å². The lowest BCUT2D eigenvalue weighted by Gasteiger charge is -2.28. The lowest BCUT2D eigenvalue weighted by atomic mass is 9.80. The minimum atomic E-state index is -0.110. The van der Waals surface area contributed by atoms with Crippen LogP contribution >= 0.6 is 0 Å². The van der Waals surface area contributed by atoms with Crippen molar-refractivity contribution >= 4 is 0 Å². The van der Waals surface area contributed by atoms with Crippen molar-refractivity contribution < 1.29 is 40.5 Å². The Morgan fingerprint density at radius 2 is 0.970 bits per heavy atom. The van der Waals surface area contributed by atoms with Crippen LogP contribution in [0.2, 0.25) is 0 Å². The molecule has 0 amide bonds. The summed E-state index contributed by atoms with van der Waals surface area (Å²) in [5.41, 5.74) is 13.4. The van der Waals surface area contributed by atoms with Crippen molar-refractivity contribution in [2.75, 3.05) is 26.4 Å². The van der Waals surface area contributed by atoms with Crippen LogP contribution in [0.3, 0.4) is 0 Å². The van der Waals surface area contributed by atoms with Crippen LogP contribution in [0, 0.1) is 5.41 Å². The highest BCUT2D eigenvalue weighted by molar-refractivity contribution is 5.57. The van der Waals surface area contributed by atoms with Gasteiger partial charge in [0.2, 0.25) is 6.33 Å². The molecular weight excluding hydrogens is 893 g/mol. The fourth-order valence-electron chi connectivity index (χ4n) is 8.05. The summed E-state index contributed by atoms with van der Waals surface area (Å²) >= 11 is 0. The monoisotopic (exact) mass is 983 g/mol. The number of aryl methyl sites for hydroxylation is 2. The molecule has 3 aromatic carbocycles. The van der Waals surface area contributed by atoms with Crippen LogP contribution in [-0.2, 0) is 60.3 Å². The van der Waals surface area contributed by atoms with Gasteiger partial charge in [-0.25, -0.2) is 9.13 Å². The van der Waals surface area contributed by atoms with Gasteiger partial charge < -0.3 is 35.9 Å². The molecule has 0 radical (unpaired) electrons. The van der Waals surface area contributed by atoms with E-state index in [9.17, 15) is 0 Å². The van der Waals surface area contributed by atoms with E-state index in [1.54, 1.807) is 0 Å². The second kappa shape index (κ2) is 24.5. The second-order valence-corrected chi connectivity index (χ2v) is 22.9. The van der Waals surface area contributed by atoms with Gasteiger partial charge in [-0.1, -0.05) is 159 Å². The molecule has 6 nitrogen and oxygen atoms in total. The van der Waals surface area contributed by atoms with Crippen LogP contribution in [-0.4, -0.2) is 31.0 Å². The average Bonchev–Trinajstić information content (AvgIpc) is 3.64. The number of hydrogen-bond donors (Lipinski definition) is 0. The molecule has 0 saturated heterocycles. The van der Waals surface area contributed by atoms with E-state index in [1.807, 2.05) is 0 Å². The van der Waals surface area contributed by atoms with E-state index in [4.69, 9.17) is 18.9 Å². The first kappa shape index (κ1) is 57.3. The Hall–Kier alpha value is -3.97. The van der Waals surface area contributed by atoms with Crippen LogP contribution in [0.15, 0.2) is 78.1 Å². The Kier molecular flexibility index (Phi) is 21.0. The normalized spacial score (nSPS) is 13.0. The van der Waals surface area contributed by atoms with Gasteiger partial charge in [0.1, 0.15) is 42.8 Å². The first-order chi connectivity index (χ1) is 30.8. The molecule has 67 heavy (non-hydrogen) atoms. The lowest BCUT2D eigenvalue weighted by Crippen LogP contribution is -3.00. The number of aromatic nitrogens is 2. The van der Waals surface area contributed by atoms with Gasteiger partial charge in [0.15, 0.2) is 0 Å². The van der Waals surface area contributed by atoms with Crippen LogP contribution in [0.4, 0.5) is 0 Å². The first-order valence-corrected chi connectivity index (χ1v) is 25.2. The van der Waals surface area contributed by atoms with Crippen molar-refractivity contribution in [1.82, 2.24) is 4.57 Å². The Morgan fingerprint density at radius 3 is 1.36 bits per heavy atom. The molecule has 0 aliphatic rings. The van der Waals surface area contributed by atoms with Crippen LogP contribution in [0.1, 0.15) is 194 Å². The van der Waals surface area contributed by atoms with E-state index >= 15 is 0 Å². The molecule has 0 aliphatic heterocycles. The van der Waals surface area contributed by atoms with Crippen LogP contribution in [0.25, 0.3) is 0 Å². The zero-order valence-electron chi connectivity index (χ0n) is 45.7. The fourth-order valence-corrected chi connectivity index (χ4v) is 8.05. The van der Waals surface area contributed by atoms with E-state index in [1.165, 1.54) is 61.2 Å². The standard InChI is InChI=1S/C60H91N2O4.BrH/c1-20-27-63-43(6)45(31-42(5)57(7,8)9)32-46-36-52(59(13,14)15)40-50(56(46)66-30-26-62-25-24-61(19)41-62)34-49-39-53(60(16,17)18)38-48(55(49)65-29-22-3)33-47-37-51(58(10,11)12)35-44(23-4)54(47)64-28-21-2;/h24-25,31,35-41H,20-23,26-30,32-34H2,1-19H3;1H/q+1;/p-1/b42-31+,45-43-;. The average molecular weight is 984 g/mol. The predicted molar refractivity (Wildman–Crippen MR) is 279 cm³/mol. The van der Waals surface area contributed by atoms with Crippen LogP contribution in [0.5, 0.6) is 17.2 Å². The highest BCUT2D eigenvalue weighted by atomic mass is 79.9. The van der Waals surface area contributed by atoms with Gasteiger partial charge in [-0.2, -0.15) is 0 Å². The molecule has 1 heterocycles. The molecule has 0 aliphatic carbocycles. The molecule has 0 atom stereocenters. The number of rotatable bonds is 21. The summed E-state index contributed by atoms with van der Waals surface area (Å²) < 4.78 is 31.5. The quantitative estimate of drug-likeness (QED) is 0.0474. The number of hydrogen-bond acceptors (Lipinski definition) is 4. The molecule has 0 spiro atoms. The maximum atomic E-state index is 7.15. The molecule has 4 rings (SSSR count). The number of imidazole rings is 1. The maximum Gasteiger partial charge on any atom is 0.243 e. The van der Waals surface area contributed by atoms with E-state index < -0.39 is 0 Å². The summed E-state index contributed by atoms with van der Waals surface area (Å²) in [7, 11) is 2.06. The van der Waals surface area contributed by atoms with Crippen molar-refractivity contribution in [3.8, 4) is 17.2 Å². The third-order valence-electron chi connectivity index (χ3n) is 12.7. The van der Waals surface area contributed by atoms with Crippen molar-refractivity contribution in [1.29, 1.82) is 0 Å². The molecule has 0 saturated carbocycles. The van der Waals surface area contributed by atoms with Crippen LogP contribution < -0.4 is 35.8 Å². The number of allylic oxidation sites excluding steroid dienone is 4. The van der Waals surface area contributed by atoms with E-state index in [-0.39, 0.29) is 38.6 Å². The third-order valence-corrected chi connectivity index (χ3v) is 12.7. The Labute approximate surface area is 419 Å². The molecule has 7 heteroatoms. The predicted octanol–water partition coefficient (Wildman–Crippen LogP) is 11.8. The molecule has 0 fully saturated rings. The zero-order valence-corrected chi connectivity index (χ0v) is 47.3. The van der Waals surface area contributed by atoms with Crippen molar-refractivity contribution in [3.05, 3.63) is 128 Å². The molecule has 0 N–H and O–H groups in total. The minimum Gasteiger partial charge on any atom is -1.00 e. The largest absolute Gasteiger partial charge is 1.00 e. The van der Waals surface area contributed by atoms with Gasteiger partial charge in [0.25, 0.3) is 0 Å². The highest BCUT2D eigenvalue weighted by Gasteiger charge is 2.27. The smallest absolute Gasteiger partial charge is 0.243 e. The van der Waals surface area contributed by atoms with E-state index in [0.29, 0.717) is 45.7 Å². The summed E-state index contributed by atoms with van der Waals surface area (Å²) in [6.45, 7) is 44.2. The Bertz CT molecular complexity index is 2280. The molecule has 4 aromatic rings. The maximum absolute atomic E-state index is 7.15. The molecule has 0 unspecified atom stereocenters. The highest BCUT2D eigenvalue weighted by Crippen LogP contribution is 2.42. The summed E-state index contributed by atoms with van der Waals surface area (Å²) in [5, 5.41) is 0. The zero-order chi connectivity index (χ0) is 49.2. The number of benzene rings is 3. The SMILES string of the molecule is CCCO/C(C)=C(/C=C(\C)C(C)(C)C)Cc1cc(C(C)(C)C)cc(Cc2cc(C(C)(C)C)cc(Cc3cc(C(C)(C)C)cc(CC)c3OCCC)c2OCCC)c1OCCn1cc[n+](C)c1.[Br-].